The van der Waals surface area contributed by atoms with E-state index in [4.69, 9.17) is 16.3 Å². The Hall–Kier alpha value is -2.37. The van der Waals surface area contributed by atoms with Crippen molar-refractivity contribution in [2.45, 2.75) is 6.92 Å². The highest BCUT2D eigenvalue weighted by molar-refractivity contribution is 7.10. The number of thiazole rings is 1. The molecule has 0 aliphatic carbocycles. The fourth-order valence-corrected chi connectivity index (χ4v) is 3.18. The van der Waals surface area contributed by atoms with Crippen molar-refractivity contribution >= 4 is 35.1 Å². The molecule has 0 aliphatic heterocycles. The number of aromatic hydroxyl groups is 1. The third-order valence-corrected chi connectivity index (χ3v) is 4.53. The maximum absolute atomic E-state index is 13.0. The molecule has 0 saturated heterocycles. The van der Waals surface area contributed by atoms with Gasteiger partial charge in [0, 0.05) is 10.9 Å². The Labute approximate surface area is 154 Å². The molecule has 2 aromatic carbocycles. The number of phenols is 1. The van der Waals surface area contributed by atoms with Gasteiger partial charge < -0.3 is 9.84 Å². The van der Waals surface area contributed by atoms with Crippen molar-refractivity contribution in [3.8, 4) is 22.8 Å². The van der Waals surface area contributed by atoms with Crippen LogP contribution in [0.5, 0.6) is 11.5 Å². The highest BCUT2D eigenvalue weighted by Crippen LogP contribution is 2.35. The minimum absolute atomic E-state index is 0.0616. The average molecular weight is 376 g/mol. The van der Waals surface area contributed by atoms with Gasteiger partial charge in [-0.2, -0.15) is 0 Å². The summed E-state index contributed by atoms with van der Waals surface area (Å²) in [6.45, 7) is 2.27. The molecule has 0 spiro atoms. The van der Waals surface area contributed by atoms with Gasteiger partial charge in [0.1, 0.15) is 10.8 Å². The topological polar surface area (TPSA) is 42.4 Å². The van der Waals surface area contributed by atoms with E-state index in [1.165, 1.54) is 23.5 Å². The smallest absolute Gasteiger partial charge is 0.176 e. The van der Waals surface area contributed by atoms with Gasteiger partial charge in [0.2, 0.25) is 0 Å². The fraction of sp³-hybridized carbons (Fsp3) is 0.105. The number of nitrogens with zero attached hydrogens (tertiary/aromatic N) is 1. The number of halogens is 2. The van der Waals surface area contributed by atoms with Gasteiger partial charge in [0.25, 0.3) is 0 Å². The molecule has 0 atom stereocenters. The molecule has 0 unspecified atom stereocenters. The van der Waals surface area contributed by atoms with Crippen LogP contribution in [0.15, 0.2) is 41.8 Å². The van der Waals surface area contributed by atoms with Crippen molar-refractivity contribution in [1.82, 2.24) is 4.98 Å². The lowest BCUT2D eigenvalue weighted by Crippen LogP contribution is -1.92. The van der Waals surface area contributed by atoms with E-state index in [2.05, 4.69) is 4.98 Å². The molecular weight excluding hydrogens is 361 g/mol. The lowest BCUT2D eigenvalue weighted by atomic mass is 10.2. The summed E-state index contributed by atoms with van der Waals surface area (Å²) in [5.74, 6) is 0.0164. The molecule has 3 aromatic rings. The first kappa shape index (κ1) is 17.5. The maximum atomic E-state index is 13.0. The molecule has 0 amide bonds. The van der Waals surface area contributed by atoms with Crippen LogP contribution in [0.4, 0.5) is 4.39 Å². The molecule has 0 bridgehead atoms. The number of ether oxygens (including phenoxy) is 1. The summed E-state index contributed by atoms with van der Waals surface area (Å²) in [5.41, 5.74) is 2.46. The molecule has 25 heavy (non-hydrogen) atoms. The predicted molar refractivity (Wildman–Crippen MR) is 101 cm³/mol. The van der Waals surface area contributed by atoms with Crippen LogP contribution in [0.1, 0.15) is 17.5 Å². The molecule has 0 aliphatic rings. The van der Waals surface area contributed by atoms with E-state index < -0.39 is 0 Å². The Balaban J connectivity index is 1.82. The molecule has 0 saturated carbocycles. The van der Waals surface area contributed by atoms with E-state index in [0.29, 0.717) is 12.4 Å². The third kappa shape index (κ3) is 4.18. The second kappa shape index (κ2) is 7.68. The van der Waals surface area contributed by atoms with E-state index in [-0.39, 0.29) is 16.6 Å². The van der Waals surface area contributed by atoms with Crippen molar-refractivity contribution in [2.24, 2.45) is 0 Å². The zero-order valence-electron chi connectivity index (χ0n) is 13.4. The van der Waals surface area contributed by atoms with Gasteiger partial charge in [-0.05, 0) is 55.0 Å². The van der Waals surface area contributed by atoms with Crippen LogP contribution in [0.25, 0.3) is 23.4 Å². The summed E-state index contributed by atoms with van der Waals surface area (Å²) in [7, 11) is 0. The number of aromatic nitrogens is 1. The van der Waals surface area contributed by atoms with Crippen molar-refractivity contribution < 1.29 is 14.2 Å². The largest absolute Gasteiger partial charge is 0.503 e. The van der Waals surface area contributed by atoms with Gasteiger partial charge in [-0.3, -0.25) is 0 Å². The summed E-state index contributed by atoms with van der Waals surface area (Å²) >= 11 is 7.51. The van der Waals surface area contributed by atoms with E-state index in [9.17, 15) is 9.50 Å². The molecule has 1 N–H and O–H groups in total. The van der Waals surface area contributed by atoms with Crippen molar-refractivity contribution in [3.05, 3.63) is 63.2 Å². The highest BCUT2D eigenvalue weighted by Gasteiger charge is 2.08. The first-order chi connectivity index (χ1) is 12.1. The maximum Gasteiger partial charge on any atom is 0.176 e. The number of rotatable bonds is 5. The van der Waals surface area contributed by atoms with Gasteiger partial charge in [0.15, 0.2) is 11.5 Å². The number of phenolic OH excluding ortho intramolecular Hbond substituents is 1. The van der Waals surface area contributed by atoms with Crippen LogP contribution >= 0.6 is 22.9 Å². The van der Waals surface area contributed by atoms with Gasteiger partial charge in [-0.25, -0.2) is 9.37 Å². The molecule has 1 aromatic heterocycles. The quantitative estimate of drug-likeness (QED) is 0.605. The van der Waals surface area contributed by atoms with Crippen LogP contribution in [-0.4, -0.2) is 16.7 Å². The lowest BCUT2D eigenvalue weighted by Gasteiger charge is -2.08. The Morgan fingerprint density at radius 3 is 2.72 bits per heavy atom. The minimum Gasteiger partial charge on any atom is -0.503 e. The molecule has 0 radical (unpaired) electrons. The molecular formula is C19H15ClFNO2S. The van der Waals surface area contributed by atoms with E-state index >= 15 is 0 Å². The fourth-order valence-electron chi connectivity index (χ4n) is 2.24. The van der Waals surface area contributed by atoms with Gasteiger partial charge in [-0.1, -0.05) is 17.7 Å². The minimum atomic E-state index is -0.270. The molecule has 1 heterocycles. The Morgan fingerprint density at radius 1 is 1.24 bits per heavy atom. The zero-order valence-corrected chi connectivity index (χ0v) is 14.9. The first-order valence-electron chi connectivity index (χ1n) is 7.61. The lowest BCUT2D eigenvalue weighted by molar-refractivity contribution is 0.318. The first-order valence-corrected chi connectivity index (χ1v) is 8.87. The zero-order chi connectivity index (χ0) is 17.8. The number of benzene rings is 2. The summed E-state index contributed by atoms with van der Waals surface area (Å²) in [4.78, 5) is 4.52. The monoisotopic (exact) mass is 375 g/mol. The summed E-state index contributed by atoms with van der Waals surface area (Å²) in [5, 5.41) is 12.8. The van der Waals surface area contributed by atoms with Crippen LogP contribution in [-0.2, 0) is 0 Å². The predicted octanol–water partition coefficient (Wildman–Crippen LogP) is 5.88. The molecule has 0 fully saturated rings. The standard InChI is InChI=1S/C19H15ClFNO2S/c1-2-24-17-10-12(9-15(20)19(17)23)3-8-18-22-16(11-25-18)13-4-6-14(21)7-5-13/h3-11,23H,2H2,1H3/b8-3+. The summed E-state index contributed by atoms with van der Waals surface area (Å²) in [6.07, 6.45) is 3.71. The van der Waals surface area contributed by atoms with Crippen LogP contribution in [0.3, 0.4) is 0 Å². The highest BCUT2D eigenvalue weighted by atomic mass is 35.5. The third-order valence-electron chi connectivity index (χ3n) is 3.43. The molecule has 3 nitrogen and oxygen atoms in total. The Bertz CT molecular complexity index is 906. The van der Waals surface area contributed by atoms with Crippen LogP contribution in [0, 0.1) is 5.82 Å². The Morgan fingerprint density at radius 2 is 2.00 bits per heavy atom. The van der Waals surface area contributed by atoms with Crippen molar-refractivity contribution in [1.29, 1.82) is 0 Å². The second-order valence-corrected chi connectivity index (χ2v) is 6.49. The second-order valence-electron chi connectivity index (χ2n) is 5.19. The van der Waals surface area contributed by atoms with Gasteiger partial charge in [0.05, 0.1) is 17.3 Å². The van der Waals surface area contributed by atoms with E-state index in [1.807, 2.05) is 24.5 Å². The van der Waals surface area contributed by atoms with Crippen LogP contribution < -0.4 is 4.74 Å². The summed E-state index contributed by atoms with van der Waals surface area (Å²) in [6, 6.07) is 9.61. The SMILES string of the molecule is CCOc1cc(/C=C/c2nc(-c3ccc(F)cc3)cs2)cc(Cl)c1O. The number of hydrogen-bond acceptors (Lipinski definition) is 4. The van der Waals surface area contributed by atoms with Gasteiger partial charge in [-0.15, -0.1) is 11.3 Å². The molecule has 128 valence electrons. The van der Waals surface area contributed by atoms with Gasteiger partial charge >= 0.3 is 0 Å². The number of hydrogen-bond donors (Lipinski definition) is 1. The van der Waals surface area contributed by atoms with E-state index in [0.717, 1.165) is 21.8 Å². The van der Waals surface area contributed by atoms with Crippen molar-refractivity contribution in [3.63, 3.8) is 0 Å². The molecule has 3 rings (SSSR count). The average Bonchev–Trinajstić information content (AvgIpc) is 3.07. The molecule has 6 heteroatoms. The van der Waals surface area contributed by atoms with Crippen molar-refractivity contribution in [2.75, 3.05) is 6.61 Å². The normalized spacial score (nSPS) is 11.2. The van der Waals surface area contributed by atoms with E-state index in [1.54, 1.807) is 24.3 Å². The van der Waals surface area contributed by atoms with Crippen LogP contribution in [0.2, 0.25) is 5.02 Å². The summed E-state index contributed by atoms with van der Waals surface area (Å²) < 4.78 is 18.4. The Kier molecular flexibility index (Phi) is 5.36.